The zero-order valence-electron chi connectivity index (χ0n) is 11.0. The third-order valence-electron chi connectivity index (χ3n) is 0.296. The number of aliphatic hydroxyl groups excluding tert-OH is 1. The average Bonchev–Trinajstić information content (AvgIpc) is 2.10. The Morgan fingerprint density at radius 1 is 0.577 bits per heavy atom. The second kappa shape index (κ2) is 131. The molecule has 23 heteroatoms. The number of nitrogens with zero attached hydrogens (tertiary/aromatic N) is 1. The fourth-order valence-corrected chi connectivity index (χ4v) is 0.0456. The van der Waals surface area contributed by atoms with Crippen LogP contribution in [0.25, 0.3) is 5.41 Å². The Labute approximate surface area is 419 Å². The summed E-state index contributed by atoms with van der Waals surface area (Å²) < 4.78 is -0.0972. The van der Waals surface area contributed by atoms with Gasteiger partial charge in [-0.05, 0) is 0 Å². The Bertz CT molecular complexity index is 156. The van der Waals surface area contributed by atoms with Crippen LogP contribution < -0.4 is 0 Å². The van der Waals surface area contributed by atoms with E-state index in [2.05, 4.69) is 0 Å². The Hall–Kier alpha value is 12.8. The van der Waals surface area contributed by atoms with Crippen molar-refractivity contribution in [3.8, 4) is 0 Å². The average molecular weight is 3760 g/mol. The van der Waals surface area contributed by atoms with Gasteiger partial charge < -0.3 is 0 Å². The van der Waals surface area contributed by atoms with Crippen molar-refractivity contribution < 1.29 is 410 Å². The minimum absolute atomic E-state index is 0. The second-order valence-electron chi connectivity index (χ2n) is 0.755. The van der Waals surface area contributed by atoms with Gasteiger partial charge in [-0.2, -0.15) is 0 Å². The molecule has 0 rings (SSSR count). The van der Waals surface area contributed by atoms with Crippen LogP contribution in [0.3, 0.4) is 0 Å². The monoisotopic (exact) mass is 3760 g/mol. The maximum absolute atomic E-state index is 9.46. The zero-order chi connectivity index (χ0) is 9.86. The summed E-state index contributed by atoms with van der Waals surface area (Å²) in [5, 5.41) is 16.0. The molecule has 0 bridgehead atoms. The summed E-state index contributed by atoms with van der Waals surface area (Å²) in [7, 11) is 0. The molecule has 26 heavy (non-hydrogen) atoms. The van der Waals surface area contributed by atoms with E-state index in [1.54, 1.807) is 64.9 Å². The first-order chi connectivity index (χ1) is 5.18. The van der Waals surface area contributed by atoms with Gasteiger partial charge in [-0.25, -0.2) is 0 Å². The van der Waals surface area contributed by atoms with Gasteiger partial charge in [0.15, 0.2) is 0 Å². The molecule has 3 nitrogen and oxygen atoms in total. The normalized spacial score (nSPS) is 2.31. The van der Waals surface area contributed by atoms with E-state index in [4.69, 9.17) is 10.5 Å². The molecular formula is C3HNO2W20-2. The van der Waals surface area contributed by atoms with Gasteiger partial charge in [0.1, 0.15) is 0 Å². The van der Waals surface area contributed by atoms with E-state index in [-0.39, 0.29) is 320 Å². The molecule has 0 atom stereocenters. The molecule has 0 radical (unpaired) electrons. The molecule has 0 saturated heterocycles. The molecule has 0 aliphatic rings. The van der Waals surface area contributed by atoms with Crippen LogP contribution in [-0.4, -0.2) is 21.2 Å². The summed E-state index contributed by atoms with van der Waals surface area (Å²) in [4.78, 5) is 9.46. The number of aliphatic hydroxyl groups is 1. The van der Waals surface area contributed by atoms with E-state index in [9.17, 15) is 4.79 Å². The fraction of sp³-hybridized carbons (Fsp3) is 0. The number of hydrogen-bond donors (Lipinski definition) is 1. The van der Waals surface area contributed by atoms with E-state index in [1.165, 1.54) is 6.29 Å². The third kappa shape index (κ3) is 134. The van der Waals surface area contributed by atoms with Crippen LogP contribution in [0.4, 0.5) is 0 Å². The molecule has 0 aromatic heterocycles. The van der Waals surface area contributed by atoms with Gasteiger partial charge in [0.05, 0.1) is 0 Å². The predicted molar refractivity (Wildman–Crippen MR) is 21.7 cm³/mol. The number of hydrogen-bond acceptors (Lipinski definition) is 1. The Morgan fingerprint density at radius 3 is 0.692 bits per heavy atom. The SMILES string of the molecule is [N-]=C(O)[C](=[W])[C-]=O.[W].[W].[W].[W].[W].[W].[W].[W].[W].[W].[W].[W].[W].[W].[W].[W]=[W].[W]=[W]. The van der Waals surface area contributed by atoms with Gasteiger partial charge in [0, 0.05) is 316 Å². The molecule has 0 saturated carbocycles. The molecule has 0 aromatic carbocycles. The van der Waals surface area contributed by atoms with Gasteiger partial charge in [-0.1, -0.05) is 0 Å². The van der Waals surface area contributed by atoms with Crippen LogP contribution in [0, 0.1) is 0 Å². The first-order valence-corrected chi connectivity index (χ1v) is 25.2. The topological polar surface area (TPSA) is 59.6 Å². The van der Waals surface area contributed by atoms with Crippen LogP contribution in [0.1, 0.15) is 0 Å². The molecule has 0 fully saturated rings. The molecule has 1 N–H and O–H groups in total. The zero-order valence-corrected chi connectivity index (χ0v) is 69.6. The van der Waals surface area contributed by atoms with E-state index >= 15 is 0 Å². The van der Waals surface area contributed by atoms with Crippen molar-refractivity contribution in [1.29, 1.82) is 0 Å². The summed E-state index contributed by atoms with van der Waals surface area (Å²) >= 11 is 7.37. The molecule has 0 amide bonds. The van der Waals surface area contributed by atoms with Crippen molar-refractivity contribution in [2.24, 2.45) is 0 Å². The number of rotatable bonds is 2. The van der Waals surface area contributed by atoms with Gasteiger partial charge in [-0.3, -0.25) is 0 Å². The summed E-state index contributed by atoms with van der Waals surface area (Å²) in [6.45, 7) is 0. The van der Waals surface area contributed by atoms with Crippen LogP contribution in [-0.2, 0) is 405 Å². The first-order valence-electron chi connectivity index (χ1n) is 1.69. The fourth-order valence-electron chi connectivity index (χ4n) is 0.0456. The molecule has 152 valence electrons. The number of carbonyl (C=O) groups excluding carboxylic acids is 1. The van der Waals surface area contributed by atoms with E-state index < -0.39 is 5.90 Å². The van der Waals surface area contributed by atoms with Crippen molar-refractivity contribution in [3.63, 3.8) is 0 Å². The molecular weight excluding hydrogens is 3760 g/mol. The van der Waals surface area contributed by atoms with E-state index in [0.29, 0.717) is 19.4 Å². The third-order valence-corrected chi connectivity index (χ3v) is 1.25. The van der Waals surface area contributed by atoms with Gasteiger partial charge in [0.2, 0.25) is 0 Å². The quantitative estimate of drug-likeness (QED) is 0.226. The van der Waals surface area contributed by atoms with Crippen LogP contribution in [0.2, 0.25) is 0 Å². The van der Waals surface area contributed by atoms with E-state index in [0.717, 1.165) is 0 Å². The van der Waals surface area contributed by atoms with Crippen LogP contribution >= 0.6 is 0 Å². The summed E-state index contributed by atoms with van der Waals surface area (Å²) in [6.07, 6.45) is 1.33. The minimum atomic E-state index is -0.926. The van der Waals surface area contributed by atoms with Crippen LogP contribution in [0.5, 0.6) is 0 Å². The van der Waals surface area contributed by atoms with Crippen molar-refractivity contribution in [2.45, 2.75) is 0 Å². The molecule has 0 heterocycles. The standard InChI is InChI=1S/C3HNO2.20W/c4-3(6)1-2-5;;;;;;;;;;;;;;;;;;;;/h(H-,4,6);;;;;;;;;;;;;;;;;;;;/q-2;;;;;;;;;;;;;;;;;;;;. The van der Waals surface area contributed by atoms with Crippen molar-refractivity contribution in [3.05, 3.63) is 5.41 Å². The Kier molecular flexibility index (Phi) is 644. The van der Waals surface area contributed by atoms with Gasteiger partial charge in [0.25, 0.3) is 0 Å². The second-order valence-corrected chi connectivity index (χ2v) is 2.22. The molecule has 0 spiro atoms. The van der Waals surface area contributed by atoms with Gasteiger partial charge >= 0.3 is 116 Å². The van der Waals surface area contributed by atoms with E-state index in [1.807, 2.05) is 0 Å². The van der Waals surface area contributed by atoms with Crippen molar-refractivity contribution >= 4 is 16.1 Å². The maximum atomic E-state index is 9.46. The first kappa shape index (κ1) is 128. The van der Waals surface area contributed by atoms with Gasteiger partial charge in [-0.15, -0.1) is 0 Å². The Balaban J connectivity index is -0.00000000200. The Morgan fingerprint density at radius 2 is 0.692 bits per heavy atom. The van der Waals surface area contributed by atoms with Crippen molar-refractivity contribution in [2.75, 3.05) is 0 Å². The van der Waals surface area contributed by atoms with Crippen molar-refractivity contribution in [1.82, 2.24) is 0 Å². The molecule has 0 unspecified atom stereocenters. The molecule has 0 aliphatic carbocycles. The molecule has 0 aliphatic heterocycles. The summed E-state index contributed by atoms with van der Waals surface area (Å²) in [5.74, 6) is -0.926. The summed E-state index contributed by atoms with van der Waals surface area (Å²) in [6, 6.07) is 0. The summed E-state index contributed by atoms with van der Waals surface area (Å²) in [5.41, 5.74) is 0. The van der Waals surface area contributed by atoms with Crippen LogP contribution in [0.15, 0.2) is 0 Å². The predicted octanol–water partition coefficient (Wildman–Crippen LogP) is -0.706. The molecule has 0 aromatic rings.